The molecule has 4 aromatic rings. The summed E-state index contributed by atoms with van der Waals surface area (Å²) in [5.74, 6) is -0.385. The summed E-state index contributed by atoms with van der Waals surface area (Å²) in [5.41, 5.74) is -0.482. The largest absolute Gasteiger partial charge is 0.416 e. The third-order valence-corrected chi connectivity index (χ3v) is 6.56. The SMILES string of the molecule is O=c1c2cnn(-c3ccc(F)cc3)c2ncn1CC1(O)CCN(Cc2ccc(C(F)(F)F)cc2)CC1. The number of fused-ring (bicyclic) bond motifs is 1. The lowest BCUT2D eigenvalue weighted by atomic mass is 9.91. The Balaban J connectivity index is 1.25. The van der Waals surface area contributed by atoms with Gasteiger partial charge in [-0.3, -0.25) is 14.3 Å². The second-order valence-corrected chi connectivity index (χ2v) is 9.14. The molecule has 1 fully saturated rings. The summed E-state index contributed by atoms with van der Waals surface area (Å²) >= 11 is 0. The minimum atomic E-state index is -4.37. The van der Waals surface area contributed by atoms with Crippen LogP contribution < -0.4 is 5.56 Å². The molecular formula is C25H23F4N5O2. The van der Waals surface area contributed by atoms with Crippen molar-refractivity contribution in [1.29, 1.82) is 0 Å². The minimum Gasteiger partial charge on any atom is -0.388 e. The molecule has 36 heavy (non-hydrogen) atoms. The van der Waals surface area contributed by atoms with Crippen LogP contribution in [0.1, 0.15) is 24.0 Å². The van der Waals surface area contributed by atoms with Gasteiger partial charge in [0.25, 0.3) is 5.56 Å². The Bertz CT molecular complexity index is 1420. The van der Waals surface area contributed by atoms with E-state index in [-0.39, 0.29) is 23.3 Å². The Morgan fingerprint density at radius 1 is 1.00 bits per heavy atom. The van der Waals surface area contributed by atoms with Gasteiger partial charge in [-0.15, -0.1) is 0 Å². The predicted octanol–water partition coefficient (Wildman–Crippen LogP) is 3.77. The van der Waals surface area contributed by atoms with E-state index in [9.17, 15) is 27.5 Å². The number of hydrogen-bond acceptors (Lipinski definition) is 5. The molecule has 0 spiro atoms. The second-order valence-electron chi connectivity index (χ2n) is 9.14. The first-order valence-electron chi connectivity index (χ1n) is 11.4. The first-order valence-corrected chi connectivity index (χ1v) is 11.4. The molecule has 0 unspecified atom stereocenters. The zero-order chi connectivity index (χ0) is 25.5. The van der Waals surface area contributed by atoms with Crippen LogP contribution in [-0.2, 0) is 19.3 Å². The molecule has 0 radical (unpaired) electrons. The summed E-state index contributed by atoms with van der Waals surface area (Å²) in [6.07, 6.45) is -0.796. The standard InChI is InChI=1S/C25H23F4N5O2/c26-19-5-7-20(8-6-19)34-22-21(13-31-34)23(35)33(16-30-22)15-24(36)9-11-32(12-10-24)14-17-1-3-18(4-2-17)25(27,28)29/h1-8,13,16,36H,9-12,14-15H2. The van der Waals surface area contributed by atoms with E-state index in [0.717, 1.165) is 17.7 Å². The van der Waals surface area contributed by atoms with Crippen molar-refractivity contribution in [3.05, 3.63) is 88.4 Å². The van der Waals surface area contributed by atoms with Gasteiger partial charge in [0.05, 0.1) is 29.6 Å². The topological polar surface area (TPSA) is 76.2 Å². The average molecular weight is 501 g/mol. The number of nitrogens with zero attached hydrogens (tertiary/aromatic N) is 5. The highest BCUT2D eigenvalue weighted by Crippen LogP contribution is 2.30. The van der Waals surface area contributed by atoms with Gasteiger partial charge in [0.1, 0.15) is 17.5 Å². The molecule has 7 nitrogen and oxygen atoms in total. The van der Waals surface area contributed by atoms with Gasteiger partial charge in [0.15, 0.2) is 5.65 Å². The van der Waals surface area contributed by atoms with Crippen LogP contribution in [0.2, 0.25) is 0 Å². The second kappa shape index (κ2) is 9.14. The van der Waals surface area contributed by atoms with Crippen molar-refractivity contribution in [3.8, 4) is 5.69 Å². The molecule has 5 rings (SSSR count). The Hall–Kier alpha value is -3.57. The maximum absolute atomic E-state index is 13.2. The highest BCUT2D eigenvalue weighted by Gasteiger charge is 2.34. The molecule has 1 aliphatic heterocycles. The third-order valence-electron chi connectivity index (χ3n) is 6.56. The summed E-state index contributed by atoms with van der Waals surface area (Å²) in [4.78, 5) is 19.5. The lowest BCUT2D eigenvalue weighted by Crippen LogP contribution is -2.47. The van der Waals surface area contributed by atoms with E-state index in [2.05, 4.69) is 15.0 Å². The Morgan fingerprint density at radius 2 is 1.67 bits per heavy atom. The van der Waals surface area contributed by atoms with Gasteiger partial charge in [-0.25, -0.2) is 14.1 Å². The first kappa shape index (κ1) is 24.1. The molecular weight excluding hydrogens is 478 g/mol. The Labute approximate surface area is 203 Å². The lowest BCUT2D eigenvalue weighted by molar-refractivity contribution is -0.137. The van der Waals surface area contributed by atoms with Crippen molar-refractivity contribution in [2.45, 2.75) is 37.7 Å². The van der Waals surface area contributed by atoms with Gasteiger partial charge < -0.3 is 5.11 Å². The molecule has 2 aromatic carbocycles. The number of alkyl halides is 3. The van der Waals surface area contributed by atoms with Crippen molar-refractivity contribution in [3.63, 3.8) is 0 Å². The van der Waals surface area contributed by atoms with Crippen LogP contribution in [0.3, 0.4) is 0 Å². The predicted molar refractivity (Wildman–Crippen MR) is 124 cm³/mol. The van der Waals surface area contributed by atoms with E-state index in [1.54, 1.807) is 0 Å². The van der Waals surface area contributed by atoms with Crippen molar-refractivity contribution in [2.24, 2.45) is 0 Å². The number of halogens is 4. The fraction of sp³-hybridized carbons (Fsp3) is 0.320. The van der Waals surface area contributed by atoms with E-state index in [4.69, 9.17) is 0 Å². The maximum Gasteiger partial charge on any atom is 0.416 e. The van der Waals surface area contributed by atoms with Crippen LogP contribution >= 0.6 is 0 Å². The summed E-state index contributed by atoms with van der Waals surface area (Å²) in [6, 6.07) is 10.7. The van der Waals surface area contributed by atoms with E-state index < -0.39 is 17.3 Å². The third kappa shape index (κ3) is 4.89. The molecule has 0 saturated carbocycles. The number of aromatic nitrogens is 4. The van der Waals surface area contributed by atoms with E-state index >= 15 is 0 Å². The van der Waals surface area contributed by atoms with Gasteiger partial charge >= 0.3 is 6.18 Å². The van der Waals surface area contributed by atoms with Gasteiger partial charge in [-0.2, -0.15) is 18.3 Å². The molecule has 0 bridgehead atoms. The number of aliphatic hydroxyl groups is 1. The Kier molecular flexibility index (Phi) is 6.13. The lowest BCUT2D eigenvalue weighted by Gasteiger charge is -2.38. The van der Waals surface area contributed by atoms with Crippen molar-refractivity contribution in [2.75, 3.05) is 13.1 Å². The van der Waals surface area contributed by atoms with E-state index in [1.807, 2.05) is 0 Å². The number of benzene rings is 2. The van der Waals surface area contributed by atoms with Crippen LogP contribution in [0.25, 0.3) is 16.7 Å². The minimum absolute atomic E-state index is 0.0601. The quantitative estimate of drug-likeness (QED) is 0.422. The molecule has 0 aliphatic carbocycles. The van der Waals surface area contributed by atoms with E-state index in [1.165, 1.54) is 58.2 Å². The molecule has 1 N–H and O–H groups in total. The Morgan fingerprint density at radius 3 is 2.31 bits per heavy atom. The molecule has 0 amide bonds. The van der Waals surface area contributed by atoms with Gasteiger partial charge in [0, 0.05) is 19.6 Å². The van der Waals surface area contributed by atoms with Crippen molar-refractivity contribution < 1.29 is 22.7 Å². The first-order chi connectivity index (χ1) is 17.1. The number of hydrogen-bond donors (Lipinski definition) is 1. The van der Waals surface area contributed by atoms with Gasteiger partial charge in [-0.05, 0) is 54.8 Å². The number of rotatable bonds is 5. The molecule has 188 valence electrons. The van der Waals surface area contributed by atoms with Crippen LogP contribution in [0.4, 0.5) is 17.6 Å². The average Bonchev–Trinajstić information content (AvgIpc) is 3.28. The summed E-state index contributed by atoms with van der Waals surface area (Å²) < 4.78 is 54.4. The number of piperidine rings is 1. The normalized spacial score (nSPS) is 16.5. The van der Waals surface area contributed by atoms with Crippen molar-refractivity contribution in [1.82, 2.24) is 24.2 Å². The fourth-order valence-electron chi connectivity index (χ4n) is 4.49. The summed E-state index contributed by atoms with van der Waals surface area (Å²) in [6.45, 7) is 1.60. The van der Waals surface area contributed by atoms with Crippen LogP contribution in [0.5, 0.6) is 0 Å². The summed E-state index contributed by atoms with van der Waals surface area (Å²) in [5, 5.41) is 15.6. The van der Waals surface area contributed by atoms with Crippen LogP contribution in [0, 0.1) is 5.82 Å². The van der Waals surface area contributed by atoms with Gasteiger partial charge in [-0.1, -0.05) is 12.1 Å². The smallest absolute Gasteiger partial charge is 0.388 e. The molecule has 3 heterocycles. The van der Waals surface area contributed by atoms with Crippen LogP contribution in [-0.4, -0.2) is 48.0 Å². The summed E-state index contributed by atoms with van der Waals surface area (Å²) in [7, 11) is 0. The maximum atomic E-state index is 13.2. The van der Waals surface area contributed by atoms with Gasteiger partial charge in [0.2, 0.25) is 0 Å². The highest BCUT2D eigenvalue weighted by atomic mass is 19.4. The number of likely N-dealkylation sites (tertiary alicyclic amines) is 1. The molecule has 11 heteroatoms. The molecule has 0 atom stereocenters. The fourth-order valence-corrected chi connectivity index (χ4v) is 4.49. The van der Waals surface area contributed by atoms with Crippen LogP contribution in [0.15, 0.2) is 65.8 Å². The zero-order valence-electron chi connectivity index (χ0n) is 19.1. The van der Waals surface area contributed by atoms with E-state index in [0.29, 0.717) is 43.8 Å². The molecule has 1 aliphatic rings. The highest BCUT2D eigenvalue weighted by molar-refractivity contribution is 5.74. The van der Waals surface area contributed by atoms with Crippen molar-refractivity contribution >= 4 is 11.0 Å². The molecule has 2 aromatic heterocycles. The molecule has 1 saturated heterocycles. The monoisotopic (exact) mass is 501 g/mol. The zero-order valence-corrected chi connectivity index (χ0v) is 19.1.